The minimum absolute atomic E-state index is 0.376. The normalized spacial score (nSPS) is 30.8. The van der Waals surface area contributed by atoms with Crippen molar-refractivity contribution in [2.75, 3.05) is 33.3 Å². The van der Waals surface area contributed by atoms with Crippen molar-refractivity contribution < 1.29 is 4.74 Å². The standard InChI is InChI=1S/C13H26N2O/c1-11(16-2)10-15-8-5-12(6-9-15)13-4-3-7-14-13/h11-14H,3-10H2,1-2H3. The van der Waals surface area contributed by atoms with Crippen molar-refractivity contribution >= 4 is 0 Å². The summed E-state index contributed by atoms with van der Waals surface area (Å²) in [5, 5.41) is 3.65. The van der Waals surface area contributed by atoms with E-state index in [1.807, 2.05) is 0 Å². The number of hydrogen-bond acceptors (Lipinski definition) is 3. The summed E-state index contributed by atoms with van der Waals surface area (Å²) in [6.45, 7) is 7.02. The Balaban J connectivity index is 1.69. The summed E-state index contributed by atoms with van der Waals surface area (Å²) >= 11 is 0. The zero-order chi connectivity index (χ0) is 11.4. The van der Waals surface area contributed by atoms with E-state index in [0.717, 1.165) is 18.5 Å². The Bertz CT molecular complexity index is 196. The SMILES string of the molecule is COC(C)CN1CCC(C2CCCN2)CC1. The van der Waals surface area contributed by atoms with Crippen LogP contribution in [0.25, 0.3) is 0 Å². The molecule has 0 radical (unpaired) electrons. The Morgan fingerprint density at radius 1 is 1.31 bits per heavy atom. The van der Waals surface area contributed by atoms with Gasteiger partial charge in [0, 0.05) is 19.7 Å². The van der Waals surface area contributed by atoms with Gasteiger partial charge in [-0.25, -0.2) is 0 Å². The maximum absolute atomic E-state index is 5.33. The predicted octanol–water partition coefficient (Wildman–Crippen LogP) is 1.49. The average Bonchev–Trinajstić information content (AvgIpc) is 2.83. The van der Waals surface area contributed by atoms with Crippen molar-refractivity contribution in [3.8, 4) is 0 Å². The van der Waals surface area contributed by atoms with Crippen LogP contribution >= 0.6 is 0 Å². The van der Waals surface area contributed by atoms with Gasteiger partial charge >= 0.3 is 0 Å². The van der Waals surface area contributed by atoms with Crippen LogP contribution in [0.1, 0.15) is 32.6 Å². The Morgan fingerprint density at radius 3 is 2.62 bits per heavy atom. The van der Waals surface area contributed by atoms with Crippen molar-refractivity contribution in [3.63, 3.8) is 0 Å². The summed E-state index contributed by atoms with van der Waals surface area (Å²) in [6, 6.07) is 0.821. The highest BCUT2D eigenvalue weighted by Gasteiger charge is 2.28. The van der Waals surface area contributed by atoms with Gasteiger partial charge in [0.15, 0.2) is 0 Å². The van der Waals surface area contributed by atoms with E-state index in [4.69, 9.17) is 4.74 Å². The second kappa shape index (κ2) is 5.99. The maximum atomic E-state index is 5.33. The van der Waals surface area contributed by atoms with Gasteiger partial charge < -0.3 is 15.0 Å². The fourth-order valence-corrected chi connectivity index (χ4v) is 3.09. The molecule has 2 heterocycles. The molecule has 3 heteroatoms. The lowest BCUT2D eigenvalue weighted by molar-refractivity contribution is 0.0595. The van der Waals surface area contributed by atoms with E-state index in [-0.39, 0.29) is 0 Å². The quantitative estimate of drug-likeness (QED) is 0.786. The zero-order valence-electron chi connectivity index (χ0n) is 10.7. The molecule has 0 bridgehead atoms. The summed E-state index contributed by atoms with van der Waals surface area (Å²) in [6.07, 6.45) is 5.90. The van der Waals surface area contributed by atoms with Gasteiger partial charge in [-0.05, 0) is 58.2 Å². The molecule has 0 amide bonds. The van der Waals surface area contributed by atoms with E-state index in [0.29, 0.717) is 6.10 Å². The Kier molecular flexibility index (Phi) is 4.62. The molecule has 1 N–H and O–H groups in total. The molecule has 2 fully saturated rings. The second-order valence-corrected chi connectivity index (χ2v) is 5.39. The maximum Gasteiger partial charge on any atom is 0.0670 e. The monoisotopic (exact) mass is 226 g/mol. The van der Waals surface area contributed by atoms with Crippen molar-refractivity contribution in [1.29, 1.82) is 0 Å². The van der Waals surface area contributed by atoms with Gasteiger partial charge in [0.25, 0.3) is 0 Å². The number of likely N-dealkylation sites (tertiary alicyclic amines) is 1. The van der Waals surface area contributed by atoms with Gasteiger partial charge in [-0.1, -0.05) is 0 Å². The van der Waals surface area contributed by atoms with Crippen LogP contribution in [0.5, 0.6) is 0 Å². The molecule has 2 unspecified atom stereocenters. The molecule has 2 rings (SSSR count). The smallest absolute Gasteiger partial charge is 0.0670 e. The lowest BCUT2D eigenvalue weighted by Gasteiger charge is -2.35. The number of rotatable bonds is 4. The van der Waals surface area contributed by atoms with E-state index in [1.54, 1.807) is 7.11 Å². The molecule has 94 valence electrons. The number of methoxy groups -OCH3 is 1. The van der Waals surface area contributed by atoms with Crippen LogP contribution in [0, 0.1) is 5.92 Å². The first kappa shape index (κ1) is 12.3. The molecule has 0 saturated carbocycles. The summed E-state index contributed by atoms with van der Waals surface area (Å²) < 4.78 is 5.33. The number of nitrogens with zero attached hydrogens (tertiary/aromatic N) is 1. The molecule has 0 aliphatic carbocycles. The Labute approximate surface area is 99.5 Å². The van der Waals surface area contributed by atoms with E-state index in [9.17, 15) is 0 Å². The Morgan fingerprint density at radius 2 is 2.06 bits per heavy atom. The third-order valence-electron chi connectivity index (χ3n) is 4.22. The van der Waals surface area contributed by atoms with Crippen LogP contribution in [0.3, 0.4) is 0 Å². The molecule has 3 nitrogen and oxygen atoms in total. The predicted molar refractivity (Wildman–Crippen MR) is 66.7 cm³/mol. The van der Waals surface area contributed by atoms with Gasteiger partial charge in [-0.2, -0.15) is 0 Å². The van der Waals surface area contributed by atoms with Gasteiger partial charge in [0.1, 0.15) is 0 Å². The highest BCUT2D eigenvalue weighted by molar-refractivity contribution is 4.85. The number of nitrogens with one attached hydrogen (secondary N) is 1. The van der Waals surface area contributed by atoms with Crippen molar-refractivity contribution in [1.82, 2.24) is 10.2 Å². The minimum Gasteiger partial charge on any atom is -0.380 e. The molecular weight excluding hydrogens is 200 g/mol. The van der Waals surface area contributed by atoms with E-state index < -0.39 is 0 Å². The first-order valence-corrected chi connectivity index (χ1v) is 6.78. The molecule has 16 heavy (non-hydrogen) atoms. The van der Waals surface area contributed by atoms with E-state index in [1.165, 1.54) is 45.3 Å². The minimum atomic E-state index is 0.376. The topological polar surface area (TPSA) is 24.5 Å². The van der Waals surface area contributed by atoms with E-state index >= 15 is 0 Å². The van der Waals surface area contributed by atoms with Gasteiger partial charge in [-0.3, -0.25) is 0 Å². The van der Waals surface area contributed by atoms with Crippen LogP contribution in [0.2, 0.25) is 0 Å². The van der Waals surface area contributed by atoms with Crippen molar-refractivity contribution in [2.24, 2.45) is 5.92 Å². The lowest BCUT2D eigenvalue weighted by Crippen LogP contribution is -2.43. The highest BCUT2D eigenvalue weighted by Crippen LogP contribution is 2.25. The lowest BCUT2D eigenvalue weighted by atomic mass is 9.88. The fraction of sp³-hybridized carbons (Fsp3) is 1.00. The third kappa shape index (κ3) is 3.19. The third-order valence-corrected chi connectivity index (χ3v) is 4.22. The molecule has 0 spiro atoms. The van der Waals surface area contributed by atoms with Crippen LogP contribution < -0.4 is 5.32 Å². The molecule has 2 atom stereocenters. The highest BCUT2D eigenvalue weighted by atomic mass is 16.5. The first-order chi connectivity index (χ1) is 7.79. The van der Waals surface area contributed by atoms with Crippen molar-refractivity contribution in [2.45, 2.75) is 44.8 Å². The summed E-state index contributed by atoms with van der Waals surface area (Å²) in [5.41, 5.74) is 0. The summed E-state index contributed by atoms with van der Waals surface area (Å²) in [7, 11) is 1.81. The molecular formula is C13H26N2O. The number of hydrogen-bond donors (Lipinski definition) is 1. The second-order valence-electron chi connectivity index (χ2n) is 5.39. The van der Waals surface area contributed by atoms with Crippen LogP contribution in [-0.4, -0.2) is 50.3 Å². The summed E-state index contributed by atoms with van der Waals surface area (Å²) in [4.78, 5) is 2.56. The Hall–Kier alpha value is -0.120. The molecule has 0 aromatic carbocycles. The van der Waals surface area contributed by atoms with Crippen LogP contribution in [-0.2, 0) is 4.74 Å². The fourth-order valence-electron chi connectivity index (χ4n) is 3.09. The molecule has 0 aromatic heterocycles. The number of piperidine rings is 1. The molecule has 2 aliphatic rings. The zero-order valence-corrected chi connectivity index (χ0v) is 10.7. The number of ether oxygens (including phenoxy) is 1. The van der Waals surface area contributed by atoms with E-state index in [2.05, 4.69) is 17.1 Å². The van der Waals surface area contributed by atoms with Crippen LogP contribution in [0.15, 0.2) is 0 Å². The summed E-state index contributed by atoms with van der Waals surface area (Å²) in [5.74, 6) is 0.927. The van der Waals surface area contributed by atoms with Crippen LogP contribution in [0.4, 0.5) is 0 Å². The molecule has 0 aromatic rings. The van der Waals surface area contributed by atoms with Gasteiger partial charge in [-0.15, -0.1) is 0 Å². The molecule has 2 saturated heterocycles. The largest absolute Gasteiger partial charge is 0.380 e. The first-order valence-electron chi connectivity index (χ1n) is 6.78. The van der Waals surface area contributed by atoms with Crippen molar-refractivity contribution in [3.05, 3.63) is 0 Å². The van der Waals surface area contributed by atoms with Gasteiger partial charge in [0.2, 0.25) is 0 Å². The molecule has 2 aliphatic heterocycles. The average molecular weight is 226 g/mol. The van der Waals surface area contributed by atoms with Gasteiger partial charge in [0.05, 0.1) is 6.10 Å².